The van der Waals surface area contributed by atoms with Crippen molar-refractivity contribution in [1.82, 2.24) is 20.1 Å². The van der Waals surface area contributed by atoms with Crippen molar-refractivity contribution in [2.75, 3.05) is 5.32 Å². The number of nitrogens with one attached hydrogen (secondary N) is 2. The molecule has 9 heteroatoms. The summed E-state index contributed by atoms with van der Waals surface area (Å²) < 4.78 is 5.31. The number of hydrogen-bond donors (Lipinski definition) is 4. The number of amides is 1. The summed E-state index contributed by atoms with van der Waals surface area (Å²) in [5, 5.41) is 19.3. The van der Waals surface area contributed by atoms with Gasteiger partial charge in [-0.2, -0.15) is 4.98 Å². The Morgan fingerprint density at radius 2 is 2.10 bits per heavy atom. The molecule has 4 fully saturated rings. The van der Waals surface area contributed by atoms with Gasteiger partial charge in [0.05, 0.1) is 16.9 Å². The van der Waals surface area contributed by atoms with Crippen LogP contribution in [0.1, 0.15) is 42.7 Å². The molecule has 1 amide bonds. The van der Waals surface area contributed by atoms with Gasteiger partial charge in [-0.3, -0.25) is 4.79 Å². The molecule has 3 aromatic rings. The third kappa shape index (κ3) is 2.57. The van der Waals surface area contributed by atoms with Gasteiger partial charge >= 0.3 is 0 Å². The minimum Gasteiger partial charge on any atom is -0.390 e. The lowest BCUT2D eigenvalue weighted by Crippen LogP contribution is -2.59. The minimum atomic E-state index is -0.737. The van der Waals surface area contributed by atoms with Crippen LogP contribution in [0.15, 0.2) is 23.0 Å². The van der Waals surface area contributed by atoms with Crippen LogP contribution in [0, 0.1) is 17.8 Å². The Balaban J connectivity index is 1.42. The first-order valence-electron chi connectivity index (χ1n) is 10.1. The fourth-order valence-electron chi connectivity index (χ4n) is 6.14. The van der Waals surface area contributed by atoms with Crippen LogP contribution in [-0.2, 0) is 0 Å². The molecular formula is C20H22N6O3. The molecule has 4 aliphatic rings. The van der Waals surface area contributed by atoms with Gasteiger partial charge in [0.25, 0.3) is 17.6 Å². The Bertz CT molecular complexity index is 1100. The molecule has 0 radical (unpaired) electrons. The molecule has 0 spiro atoms. The summed E-state index contributed by atoms with van der Waals surface area (Å²) >= 11 is 0. The number of fused-ring (bicyclic) bond motifs is 1. The number of carbonyl (C=O) groups is 1. The number of carbonyl (C=O) groups excluding carboxylic acids is 1. The molecule has 29 heavy (non-hydrogen) atoms. The Labute approximate surface area is 166 Å². The number of pyridine rings is 1. The van der Waals surface area contributed by atoms with Gasteiger partial charge in [-0.25, -0.2) is 4.98 Å². The normalized spacial score (nSPS) is 32.7. The van der Waals surface area contributed by atoms with E-state index in [1.165, 1.54) is 0 Å². The molecule has 0 aliphatic heterocycles. The number of primary amides is 1. The molecule has 0 aromatic carbocycles. The van der Waals surface area contributed by atoms with E-state index >= 15 is 0 Å². The van der Waals surface area contributed by atoms with Crippen molar-refractivity contribution in [3.8, 4) is 11.5 Å². The van der Waals surface area contributed by atoms with E-state index < -0.39 is 11.5 Å². The second kappa shape index (κ2) is 5.79. The molecule has 3 heterocycles. The van der Waals surface area contributed by atoms with Crippen LogP contribution in [0.5, 0.6) is 0 Å². The maximum atomic E-state index is 11.4. The lowest BCUT2D eigenvalue weighted by atomic mass is 9.52. The number of aliphatic hydroxyl groups is 1. The SMILES string of the molecule is NC(=O)c1noc(-c2cnc3[nH]ccc3c2N[C@H]2[C@@H]3CC4C[C@H]2C[C@@](O)(C4)C3)n1. The van der Waals surface area contributed by atoms with E-state index in [0.29, 0.717) is 23.3 Å². The molecule has 150 valence electrons. The van der Waals surface area contributed by atoms with Crippen LogP contribution in [0.4, 0.5) is 5.69 Å². The van der Waals surface area contributed by atoms with E-state index in [9.17, 15) is 9.90 Å². The Kier molecular flexibility index (Phi) is 3.39. The van der Waals surface area contributed by atoms with Crippen molar-refractivity contribution in [3.63, 3.8) is 0 Å². The molecule has 5 atom stereocenters. The van der Waals surface area contributed by atoms with Crippen LogP contribution in [-0.4, -0.2) is 42.8 Å². The maximum absolute atomic E-state index is 11.4. The first kappa shape index (κ1) is 17.0. The van der Waals surface area contributed by atoms with Gasteiger partial charge in [0.15, 0.2) is 0 Å². The molecule has 4 bridgehead atoms. The van der Waals surface area contributed by atoms with Crippen molar-refractivity contribution >= 4 is 22.6 Å². The monoisotopic (exact) mass is 394 g/mol. The van der Waals surface area contributed by atoms with Crippen LogP contribution in [0.25, 0.3) is 22.5 Å². The summed E-state index contributed by atoms with van der Waals surface area (Å²) in [6.07, 6.45) is 8.46. The number of anilines is 1. The lowest BCUT2D eigenvalue weighted by Gasteiger charge is -2.58. The molecule has 4 aliphatic carbocycles. The number of hydrogen-bond acceptors (Lipinski definition) is 7. The number of nitrogens with zero attached hydrogens (tertiary/aromatic N) is 3. The van der Waals surface area contributed by atoms with E-state index in [1.807, 2.05) is 12.3 Å². The van der Waals surface area contributed by atoms with Gasteiger partial charge in [0.2, 0.25) is 0 Å². The number of aromatic nitrogens is 4. The van der Waals surface area contributed by atoms with Gasteiger partial charge in [-0.05, 0) is 55.9 Å². The van der Waals surface area contributed by atoms with Crippen molar-refractivity contribution in [2.24, 2.45) is 23.5 Å². The summed E-state index contributed by atoms with van der Waals surface area (Å²) in [6.45, 7) is 0. The fraction of sp³-hybridized carbons (Fsp3) is 0.500. The second-order valence-electron chi connectivity index (χ2n) is 8.94. The average Bonchev–Trinajstić information content (AvgIpc) is 3.32. The Hall–Kier alpha value is -2.94. The Morgan fingerprint density at radius 1 is 1.31 bits per heavy atom. The predicted octanol–water partition coefficient (Wildman–Crippen LogP) is 2.06. The fourth-order valence-corrected chi connectivity index (χ4v) is 6.14. The highest BCUT2D eigenvalue weighted by Gasteiger charge is 2.54. The topological polar surface area (TPSA) is 143 Å². The van der Waals surface area contributed by atoms with Crippen molar-refractivity contribution < 1.29 is 14.4 Å². The second-order valence-corrected chi connectivity index (χ2v) is 8.94. The zero-order chi connectivity index (χ0) is 19.8. The molecule has 1 unspecified atom stereocenters. The highest BCUT2D eigenvalue weighted by Crippen LogP contribution is 2.56. The molecule has 0 saturated heterocycles. The molecular weight excluding hydrogens is 372 g/mol. The molecule has 9 nitrogen and oxygen atoms in total. The number of H-pyrrole nitrogens is 1. The van der Waals surface area contributed by atoms with Crippen LogP contribution >= 0.6 is 0 Å². The third-order valence-corrected chi connectivity index (χ3v) is 7.02. The average molecular weight is 394 g/mol. The number of rotatable bonds is 4. The lowest BCUT2D eigenvalue weighted by molar-refractivity contribution is -0.129. The van der Waals surface area contributed by atoms with Crippen molar-refractivity contribution in [3.05, 3.63) is 24.3 Å². The summed E-state index contributed by atoms with van der Waals surface area (Å²) in [5.41, 5.74) is 7.05. The number of aromatic amines is 1. The van der Waals surface area contributed by atoms with Crippen LogP contribution in [0.2, 0.25) is 0 Å². The van der Waals surface area contributed by atoms with Crippen molar-refractivity contribution in [2.45, 2.75) is 43.7 Å². The van der Waals surface area contributed by atoms with Gasteiger partial charge in [0, 0.05) is 23.8 Å². The predicted molar refractivity (Wildman–Crippen MR) is 104 cm³/mol. The molecule has 4 saturated carbocycles. The summed E-state index contributed by atoms with van der Waals surface area (Å²) in [5.74, 6) is 0.819. The first-order chi connectivity index (χ1) is 14.0. The summed E-state index contributed by atoms with van der Waals surface area (Å²) in [7, 11) is 0. The Morgan fingerprint density at radius 3 is 2.79 bits per heavy atom. The first-order valence-corrected chi connectivity index (χ1v) is 10.1. The third-order valence-electron chi connectivity index (χ3n) is 7.02. The van der Waals surface area contributed by atoms with E-state index in [4.69, 9.17) is 10.3 Å². The van der Waals surface area contributed by atoms with Gasteiger partial charge in [0.1, 0.15) is 5.65 Å². The summed E-state index contributed by atoms with van der Waals surface area (Å²) in [4.78, 5) is 23.1. The molecule has 7 rings (SSSR count). The quantitative estimate of drug-likeness (QED) is 0.530. The van der Waals surface area contributed by atoms with E-state index in [-0.39, 0.29) is 17.8 Å². The van der Waals surface area contributed by atoms with E-state index in [1.54, 1.807) is 6.20 Å². The summed E-state index contributed by atoms with van der Waals surface area (Å²) in [6, 6.07) is 2.23. The highest BCUT2D eigenvalue weighted by atomic mass is 16.5. The van der Waals surface area contributed by atoms with Gasteiger partial charge in [-0.15, -0.1) is 0 Å². The molecule has 3 aromatic heterocycles. The highest BCUT2D eigenvalue weighted by molar-refractivity contribution is 5.97. The van der Waals surface area contributed by atoms with Gasteiger partial charge in [-0.1, -0.05) is 5.16 Å². The van der Waals surface area contributed by atoms with Gasteiger partial charge < -0.3 is 25.7 Å². The van der Waals surface area contributed by atoms with Crippen LogP contribution < -0.4 is 11.1 Å². The maximum Gasteiger partial charge on any atom is 0.290 e. The van der Waals surface area contributed by atoms with Crippen molar-refractivity contribution in [1.29, 1.82) is 0 Å². The number of nitrogens with two attached hydrogens (primary N) is 1. The minimum absolute atomic E-state index is 0.156. The van der Waals surface area contributed by atoms with E-state index in [2.05, 4.69) is 25.4 Å². The van der Waals surface area contributed by atoms with E-state index in [0.717, 1.165) is 48.8 Å². The largest absolute Gasteiger partial charge is 0.390 e. The standard InChI is InChI=1S/C20H22N6O3/c21-16(27)18-25-19(29-26-18)13-8-23-17-12(1-2-22-17)15(13)24-14-10-3-9-4-11(14)7-20(28,5-9)6-10/h1-2,8-11,14,28H,3-7H2,(H2,21,27)(H2,22,23,24)/t9?,10-,11+,14+,20-. The smallest absolute Gasteiger partial charge is 0.290 e. The molecule has 5 N–H and O–H groups in total. The zero-order valence-electron chi connectivity index (χ0n) is 15.8. The zero-order valence-corrected chi connectivity index (χ0v) is 15.8. The van der Waals surface area contributed by atoms with Crippen LogP contribution in [0.3, 0.4) is 0 Å².